The first-order chi connectivity index (χ1) is 17.8. The molecule has 14 heteroatoms. The van der Waals surface area contributed by atoms with Gasteiger partial charge in [-0.05, 0) is 41.8 Å². The van der Waals surface area contributed by atoms with Crippen LogP contribution in [0, 0.1) is 6.92 Å². The van der Waals surface area contributed by atoms with Gasteiger partial charge >= 0.3 is 24.4 Å². The van der Waals surface area contributed by atoms with Gasteiger partial charge in [0, 0.05) is 35.4 Å². The molecule has 0 unspecified atom stereocenters. The lowest BCUT2D eigenvalue weighted by Gasteiger charge is -2.13. The minimum Gasteiger partial charge on any atom is -0.406 e. The van der Waals surface area contributed by atoms with Crippen molar-refractivity contribution in [3.05, 3.63) is 66.1 Å². The number of halogens is 6. The summed E-state index contributed by atoms with van der Waals surface area (Å²) in [5.74, 6) is -2.50. The molecule has 0 fully saturated rings. The van der Waals surface area contributed by atoms with E-state index in [0.717, 1.165) is 10.7 Å². The van der Waals surface area contributed by atoms with E-state index < -0.39 is 36.6 Å². The number of hydrogen-bond acceptors (Lipinski definition) is 4. The van der Waals surface area contributed by atoms with E-state index in [1.807, 2.05) is 0 Å². The van der Waals surface area contributed by atoms with Crippen LogP contribution >= 0.6 is 0 Å². The Morgan fingerprint density at radius 3 is 2.50 bits per heavy atom. The van der Waals surface area contributed by atoms with Crippen LogP contribution in [0.2, 0.25) is 0 Å². The van der Waals surface area contributed by atoms with Gasteiger partial charge in [0.15, 0.2) is 0 Å². The molecule has 0 aliphatic rings. The monoisotopic (exact) mass is 539 g/mol. The zero-order valence-corrected chi connectivity index (χ0v) is 19.5. The number of hydrogen-bond donors (Lipinski definition) is 3. The van der Waals surface area contributed by atoms with Crippen LogP contribution < -0.4 is 15.4 Å². The van der Waals surface area contributed by atoms with E-state index >= 15 is 0 Å². The van der Waals surface area contributed by atoms with Gasteiger partial charge in [0.1, 0.15) is 12.3 Å². The standard InChI is InChI=1S/C24H19F6N5O3/c1-13-2-3-14(6-20(13)38-24(28,29)30)8-32-21(36)22(37)34-19-10-31-18-5-4-15(7-17(18)19)16-9-33-35(11-16)12-23(25,26)27/h2-7,9-11,31H,8,12H2,1H3,(H,32,36)(H,34,37). The van der Waals surface area contributed by atoms with Gasteiger partial charge < -0.3 is 20.4 Å². The minimum atomic E-state index is -4.88. The van der Waals surface area contributed by atoms with Crippen molar-refractivity contribution in [2.75, 3.05) is 5.32 Å². The molecular weight excluding hydrogens is 520 g/mol. The van der Waals surface area contributed by atoms with Crippen LogP contribution in [0.5, 0.6) is 5.75 Å². The van der Waals surface area contributed by atoms with Crippen molar-refractivity contribution in [1.29, 1.82) is 0 Å². The smallest absolute Gasteiger partial charge is 0.406 e. The Balaban J connectivity index is 1.43. The molecule has 0 aliphatic heterocycles. The van der Waals surface area contributed by atoms with Crippen LogP contribution in [-0.2, 0) is 22.7 Å². The van der Waals surface area contributed by atoms with Gasteiger partial charge in [-0.3, -0.25) is 14.3 Å². The van der Waals surface area contributed by atoms with Crippen LogP contribution in [-0.4, -0.2) is 39.1 Å². The average molecular weight is 539 g/mol. The lowest BCUT2D eigenvalue weighted by molar-refractivity contribution is -0.274. The number of nitrogens with zero attached hydrogens (tertiary/aromatic N) is 2. The zero-order valence-electron chi connectivity index (χ0n) is 19.5. The van der Waals surface area contributed by atoms with Crippen LogP contribution in [0.1, 0.15) is 11.1 Å². The Morgan fingerprint density at radius 1 is 1.03 bits per heavy atom. The first-order valence-corrected chi connectivity index (χ1v) is 10.9. The quantitative estimate of drug-likeness (QED) is 0.236. The Morgan fingerprint density at radius 2 is 1.79 bits per heavy atom. The second-order valence-corrected chi connectivity index (χ2v) is 8.29. The van der Waals surface area contributed by atoms with E-state index in [9.17, 15) is 35.9 Å². The summed E-state index contributed by atoms with van der Waals surface area (Å²) in [6.07, 6.45) is -5.35. The average Bonchev–Trinajstić information content (AvgIpc) is 3.44. The molecule has 0 spiro atoms. The van der Waals surface area contributed by atoms with Crippen molar-refractivity contribution >= 4 is 28.4 Å². The maximum absolute atomic E-state index is 12.6. The van der Waals surface area contributed by atoms with Crippen molar-refractivity contribution in [3.8, 4) is 16.9 Å². The number of rotatable bonds is 6. The minimum absolute atomic E-state index is 0.235. The van der Waals surface area contributed by atoms with Gasteiger partial charge in [0.05, 0.1) is 11.9 Å². The number of carbonyl (C=O) groups is 2. The highest BCUT2D eigenvalue weighted by atomic mass is 19.4. The van der Waals surface area contributed by atoms with E-state index in [2.05, 4.69) is 25.5 Å². The van der Waals surface area contributed by atoms with Crippen molar-refractivity contribution in [1.82, 2.24) is 20.1 Å². The molecule has 2 aromatic carbocycles. The Bertz CT molecular complexity index is 1490. The first-order valence-electron chi connectivity index (χ1n) is 10.9. The second kappa shape index (κ2) is 10.1. The molecule has 38 heavy (non-hydrogen) atoms. The van der Waals surface area contributed by atoms with Crippen molar-refractivity contribution in [2.45, 2.75) is 32.6 Å². The van der Waals surface area contributed by atoms with Crippen LogP contribution in [0.4, 0.5) is 32.0 Å². The third-order valence-electron chi connectivity index (χ3n) is 5.38. The predicted molar refractivity (Wildman–Crippen MR) is 124 cm³/mol. The molecule has 2 amide bonds. The topological polar surface area (TPSA) is 101 Å². The van der Waals surface area contributed by atoms with Crippen molar-refractivity contribution in [2.24, 2.45) is 0 Å². The van der Waals surface area contributed by atoms with Crippen molar-refractivity contribution < 1.29 is 40.7 Å². The highest BCUT2D eigenvalue weighted by Crippen LogP contribution is 2.30. The van der Waals surface area contributed by atoms with E-state index in [4.69, 9.17) is 0 Å². The molecule has 200 valence electrons. The van der Waals surface area contributed by atoms with Gasteiger partial charge in [-0.1, -0.05) is 18.2 Å². The third kappa shape index (κ3) is 6.63. The van der Waals surface area contributed by atoms with Crippen LogP contribution in [0.3, 0.4) is 0 Å². The van der Waals surface area contributed by atoms with E-state index in [1.165, 1.54) is 37.6 Å². The van der Waals surface area contributed by atoms with Gasteiger partial charge in [0.2, 0.25) is 0 Å². The van der Waals surface area contributed by atoms with Crippen molar-refractivity contribution in [3.63, 3.8) is 0 Å². The molecule has 0 aliphatic carbocycles. The number of nitrogens with one attached hydrogen (secondary N) is 3. The molecule has 0 atom stereocenters. The number of aryl methyl sites for hydroxylation is 1. The molecule has 4 rings (SSSR count). The lowest BCUT2D eigenvalue weighted by Crippen LogP contribution is -2.34. The fourth-order valence-electron chi connectivity index (χ4n) is 3.62. The number of ether oxygens (including phenoxy) is 1. The summed E-state index contributed by atoms with van der Waals surface area (Å²) >= 11 is 0. The fraction of sp³-hybridized carbons (Fsp3) is 0.208. The first kappa shape index (κ1) is 26.6. The summed E-state index contributed by atoms with van der Waals surface area (Å²) in [5.41, 5.74) is 2.28. The largest absolute Gasteiger partial charge is 0.573 e. The highest BCUT2D eigenvalue weighted by Gasteiger charge is 2.32. The molecule has 0 radical (unpaired) electrons. The molecule has 2 heterocycles. The molecule has 0 saturated carbocycles. The predicted octanol–water partition coefficient (Wildman–Crippen LogP) is 5.06. The Labute approximate surface area is 210 Å². The van der Waals surface area contributed by atoms with Gasteiger partial charge in [-0.15, -0.1) is 13.2 Å². The fourth-order valence-corrected chi connectivity index (χ4v) is 3.62. The summed E-state index contributed by atoms with van der Waals surface area (Å²) in [7, 11) is 0. The normalized spacial score (nSPS) is 12.0. The van der Waals surface area contributed by atoms with E-state index in [1.54, 1.807) is 18.2 Å². The lowest BCUT2D eigenvalue weighted by atomic mass is 10.1. The molecule has 8 nitrogen and oxygen atoms in total. The number of benzene rings is 2. The molecule has 0 bridgehead atoms. The van der Waals surface area contributed by atoms with E-state index in [-0.39, 0.29) is 23.4 Å². The van der Waals surface area contributed by atoms with Gasteiger partial charge in [0.25, 0.3) is 0 Å². The summed E-state index contributed by atoms with van der Waals surface area (Å²) in [4.78, 5) is 27.7. The number of anilines is 1. The zero-order chi connectivity index (χ0) is 27.7. The SMILES string of the molecule is Cc1ccc(CNC(=O)C(=O)Nc2c[nH]c3ccc(-c4cnn(CC(F)(F)F)c4)cc23)cc1OC(F)(F)F. The summed E-state index contributed by atoms with van der Waals surface area (Å²) < 4.78 is 80.2. The van der Waals surface area contributed by atoms with E-state index in [0.29, 0.717) is 22.0 Å². The van der Waals surface area contributed by atoms with Gasteiger partial charge in [-0.2, -0.15) is 18.3 Å². The maximum atomic E-state index is 12.6. The third-order valence-corrected chi connectivity index (χ3v) is 5.38. The van der Waals surface area contributed by atoms with Gasteiger partial charge in [-0.25, -0.2) is 0 Å². The number of H-pyrrole nitrogens is 1. The Kier molecular flexibility index (Phi) is 7.07. The number of fused-ring (bicyclic) bond motifs is 1. The summed E-state index contributed by atoms with van der Waals surface area (Å²) in [5, 5.41) is 8.97. The highest BCUT2D eigenvalue weighted by molar-refractivity contribution is 6.40. The number of amides is 2. The molecule has 4 aromatic rings. The molecular formula is C24H19F6N5O3. The second-order valence-electron chi connectivity index (χ2n) is 8.29. The van der Waals surface area contributed by atoms with Crippen LogP contribution in [0.25, 0.3) is 22.0 Å². The maximum Gasteiger partial charge on any atom is 0.573 e. The molecule has 0 saturated heterocycles. The van der Waals surface area contributed by atoms with Crippen LogP contribution in [0.15, 0.2) is 55.0 Å². The number of alkyl halides is 6. The summed E-state index contributed by atoms with van der Waals surface area (Å²) in [6.45, 7) is -0.0478. The Hall–Kier alpha value is -4.49. The number of carbonyl (C=O) groups excluding carboxylic acids is 2. The molecule has 3 N–H and O–H groups in total. The summed E-state index contributed by atoms with van der Waals surface area (Å²) in [6, 6.07) is 8.90. The number of aromatic nitrogens is 3. The molecule has 2 aromatic heterocycles. The number of aromatic amines is 1.